The molecule has 8 heteroatoms. The average Bonchev–Trinajstić information content (AvgIpc) is 3.25. The van der Waals surface area contributed by atoms with Gasteiger partial charge >= 0.3 is 5.97 Å². The predicted octanol–water partition coefficient (Wildman–Crippen LogP) is 3.74. The molecule has 1 aliphatic heterocycles. The number of rotatable bonds is 4. The molecule has 34 heavy (non-hydrogen) atoms. The third-order valence-electron chi connectivity index (χ3n) is 6.35. The Bertz CT molecular complexity index is 1410. The zero-order valence-corrected chi connectivity index (χ0v) is 19.4. The van der Waals surface area contributed by atoms with Crippen LogP contribution < -0.4 is 0 Å². The maximum absolute atomic E-state index is 12.0. The molecule has 1 amide bonds. The summed E-state index contributed by atoms with van der Waals surface area (Å²) < 4.78 is 6.70. The van der Waals surface area contributed by atoms with Gasteiger partial charge in [0.15, 0.2) is 0 Å². The highest BCUT2D eigenvalue weighted by Gasteiger charge is 2.26. The SMILES string of the molecule is CCc1nn(-c2cccc3cc(-c4ccc(C(=O)OC)nc4)ncc23)c2c1CCN(C(C)=O)C2. The second kappa shape index (κ2) is 8.70. The summed E-state index contributed by atoms with van der Waals surface area (Å²) in [6.07, 6.45) is 5.13. The van der Waals surface area contributed by atoms with E-state index in [9.17, 15) is 9.59 Å². The van der Waals surface area contributed by atoms with Crippen LogP contribution in [-0.2, 0) is 28.9 Å². The van der Waals surface area contributed by atoms with Crippen molar-refractivity contribution in [1.29, 1.82) is 0 Å². The lowest BCUT2D eigenvalue weighted by Crippen LogP contribution is -2.35. The monoisotopic (exact) mass is 455 g/mol. The van der Waals surface area contributed by atoms with Crippen molar-refractivity contribution in [2.45, 2.75) is 33.2 Å². The highest BCUT2D eigenvalue weighted by molar-refractivity contribution is 5.92. The average molecular weight is 456 g/mol. The van der Waals surface area contributed by atoms with Crippen molar-refractivity contribution < 1.29 is 14.3 Å². The van der Waals surface area contributed by atoms with E-state index in [2.05, 4.69) is 16.9 Å². The van der Waals surface area contributed by atoms with Gasteiger partial charge in [0.2, 0.25) is 5.91 Å². The number of fused-ring (bicyclic) bond motifs is 2. The molecule has 0 radical (unpaired) electrons. The van der Waals surface area contributed by atoms with Crippen molar-refractivity contribution in [1.82, 2.24) is 24.6 Å². The summed E-state index contributed by atoms with van der Waals surface area (Å²) in [6, 6.07) is 11.5. The first-order valence-corrected chi connectivity index (χ1v) is 11.3. The van der Waals surface area contributed by atoms with Crippen molar-refractivity contribution >= 4 is 22.6 Å². The van der Waals surface area contributed by atoms with E-state index in [1.165, 1.54) is 12.7 Å². The fourth-order valence-electron chi connectivity index (χ4n) is 4.51. The number of amides is 1. The van der Waals surface area contributed by atoms with Crippen LogP contribution in [0.4, 0.5) is 0 Å². The molecule has 0 N–H and O–H groups in total. The molecular formula is C26H25N5O3. The van der Waals surface area contributed by atoms with Crippen molar-refractivity contribution in [3.8, 4) is 16.9 Å². The highest BCUT2D eigenvalue weighted by atomic mass is 16.5. The smallest absolute Gasteiger partial charge is 0.356 e. The van der Waals surface area contributed by atoms with E-state index in [1.54, 1.807) is 19.2 Å². The summed E-state index contributed by atoms with van der Waals surface area (Å²) in [5.74, 6) is -0.396. The molecule has 4 aromatic rings. The molecule has 0 unspecified atom stereocenters. The molecule has 8 nitrogen and oxygen atoms in total. The Morgan fingerprint density at radius 1 is 1.12 bits per heavy atom. The van der Waals surface area contributed by atoms with E-state index in [1.807, 2.05) is 46.1 Å². The maximum Gasteiger partial charge on any atom is 0.356 e. The Hall–Kier alpha value is -4.07. The largest absolute Gasteiger partial charge is 0.464 e. The minimum atomic E-state index is -0.472. The fraction of sp³-hybridized carbons (Fsp3) is 0.269. The van der Waals surface area contributed by atoms with Gasteiger partial charge in [-0.1, -0.05) is 19.1 Å². The van der Waals surface area contributed by atoms with E-state index >= 15 is 0 Å². The van der Waals surface area contributed by atoms with E-state index in [-0.39, 0.29) is 11.6 Å². The number of hydrogen-bond donors (Lipinski definition) is 0. The molecule has 172 valence electrons. The number of pyridine rings is 2. The summed E-state index contributed by atoms with van der Waals surface area (Å²) in [7, 11) is 1.33. The molecule has 0 bridgehead atoms. The van der Waals surface area contributed by atoms with Crippen LogP contribution >= 0.6 is 0 Å². The molecule has 0 spiro atoms. The number of ether oxygens (including phenoxy) is 1. The van der Waals surface area contributed by atoms with Gasteiger partial charge in [0.05, 0.1) is 36.4 Å². The lowest BCUT2D eigenvalue weighted by atomic mass is 10.0. The first kappa shape index (κ1) is 21.8. The number of benzene rings is 1. The summed E-state index contributed by atoms with van der Waals surface area (Å²) in [5, 5.41) is 6.92. The van der Waals surface area contributed by atoms with Crippen molar-refractivity contribution in [2.24, 2.45) is 0 Å². The van der Waals surface area contributed by atoms with Gasteiger partial charge < -0.3 is 9.64 Å². The molecule has 5 rings (SSSR count). The number of carbonyl (C=O) groups is 2. The van der Waals surface area contributed by atoms with Gasteiger partial charge in [0.25, 0.3) is 0 Å². The Morgan fingerprint density at radius 3 is 2.68 bits per heavy atom. The van der Waals surface area contributed by atoms with Gasteiger partial charge in [0, 0.05) is 42.4 Å². The summed E-state index contributed by atoms with van der Waals surface area (Å²) in [5.41, 5.74) is 6.16. The van der Waals surface area contributed by atoms with Crippen molar-refractivity contribution in [3.63, 3.8) is 0 Å². The van der Waals surface area contributed by atoms with Crippen molar-refractivity contribution in [3.05, 3.63) is 71.4 Å². The second-order valence-electron chi connectivity index (χ2n) is 8.32. The van der Waals surface area contributed by atoms with E-state index in [0.29, 0.717) is 6.54 Å². The Labute approximate surface area is 197 Å². The molecule has 1 aromatic carbocycles. The molecule has 0 saturated heterocycles. The van der Waals surface area contributed by atoms with Crippen LogP contribution in [-0.4, -0.2) is 50.2 Å². The summed E-state index contributed by atoms with van der Waals surface area (Å²) in [6.45, 7) is 5.01. The van der Waals surface area contributed by atoms with Crippen molar-refractivity contribution in [2.75, 3.05) is 13.7 Å². The normalized spacial score (nSPS) is 13.1. The minimum Gasteiger partial charge on any atom is -0.464 e. The Morgan fingerprint density at radius 2 is 1.97 bits per heavy atom. The second-order valence-corrected chi connectivity index (χ2v) is 8.32. The van der Waals surface area contributed by atoms with E-state index < -0.39 is 5.97 Å². The standard InChI is InChI=1S/C26H25N5O3/c1-4-21-19-10-11-30(16(2)32)15-25(19)31(29-21)24-7-5-6-17-12-23(28-14-20(17)24)18-8-9-22(27-13-18)26(33)34-3/h5-9,12-14H,4,10-11,15H2,1-3H3. The first-order chi connectivity index (χ1) is 16.5. The van der Waals surface area contributed by atoms with Gasteiger partial charge in [0.1, 0.15) is 5.69 Å². The molecule has 0 atom stereocenters. The summed E-state index contributed by atoms with van der Waals surface area (Å²) >= 11 is 0. The minimum absolute atomic E-state index is 0.0764. The zero-order valence-electron chi connectivity index (χ0n) is 19.4. The van der Waals surface area contributed by atoms with Gasteiger partial charge in [-0.25, -0.2) is 14.5 Å². The van der Waals surface area contributed by atoms with Crippen LogP contribution in [0.3, 0.4) is 0 Å². The highest BCUT2D eigenvalue weighted by Crippen LogP contribution is 2.30. The van der Waals surface area contributed by atoms with Crippen LogP contribution in [0.1, 0.15) is 41.3 Å². The number of aromatic nitrogens is 4. The number of hydrogen-bond acceptors (Lipinski definition) is 6. The van der Waals surface area contributed by atoms with Gasteiger partial charge in [-0.3, -0.25) is 9.78 Å². The van der Waals surface area contributed by atoms with Gasteiger partial charge in [-0.15, -0.1) is 0 Å². The van der Waals surface area contributed by atoms with Gasteiger partial charge in [-0.2, -0.15) is 5.10 Å². The molecule has 4 heterocycles. The van der Waals surface area contributed by atoms with Crippen LogP contribution in [0, 0.1) is 0 Å². The number of esters is 1. The number of carbonyl (C=O) groups excluding carboxylic acids is 2. The van der Waals surface area contributed by atoms with Crippen LogP contribution in [0.2, 0.25) is 0 Å². The van der Waals surface area contributed by atoms with E-state index in [0.717, 1.165) is 58.5 Å². The summed E-state index contributed by atoms with van der Waals surface area (Å²) in [4.78, 5) is 34.4. The first-order valence-electron chi connectivity index (χ1n) is 11.3. The number of aryl methyl sites for hydroxylation is 1. The lowest BCUT2D eigenvalue weighted by molar-refractivity contribution is -0.129. The lowest BCUT2D eigenvalue weighted by Gasteiger charge is -2.27. The maximum atomic E-state index is 12.0. The molecular weight excluding hydrogens is 430 g/mol. The number of nitrogens with zero attached hydrogens (tertiary/aromatic N) is 5. The van der Waals surface area contributed by atoms with Crippen LogP contribution in [0.25, 0.3) is 27.7 Å². The van der Waals surface area contributed by atoms with Crippen LogP contribution in [0.5, 0.6) is 0 Å². The Kier molecular flexibility index (Phi) is 5.57. The topological polar surface area (TPSA) is 90.2 Å². The van der Waals surface area contributed by atoms with Gasteiger partial charge in [-0.05, 0) is 42.5 Å². The molecule has 0 aliphatic carbocycles. The molecule has 0 fully saturated rings. The fourth-order valence-corrected chi connectivity index (χ4v) is 4.51. The van der Waals surface area contributed by atoms with E-state index in [4.69, 9.17) is 9.84 Å². The number of methoxy groups -OCH3 is 1. The third-order valence-corrected chi connectivity index (χ3v) is 6.35. The Balaban J connectivity index is 1.57. The zero-order chi connectivity index (χ0) is 23.8. The molecule has 1 aliphatic rings. The molecule has 3 aromatic heterocycles. The van der Waals surface area contributed by atoms with Crippen LogP contribution in [0.15, 0.2) is 48.8 Å². The predicted molar refractivity (Wildman–Crippen MR) is 128 cm³/mol. The third kappa shape index (κ3) is 3.71. The quantitative estimate of drug-likeness (QED) is 0.436. The molecule has 0 saturated carbocycles.